The Morgan fingerprint density at radius 3 is 2.95 bits per heavy atom. The summed E-state index contributed by atoms with van der Waals surface area (Å²) in [4.78, 5) is 14.8. The molecule has 0 radical (unpaired) electrons. The van der Waals surface area contributed by atoms with Crippen molar-refractivity contribution >= 4 is 17.3 Å². The van der Waals surface area contributed by atoms with Gasteiger partial charge >= 0.3 is 0 Å². The number of para-hydroxylation sites is 1. The standard InChI is InChI=1S/C17H16N2O/c1-11-6-7-14-15(8-11)18-10-13-9-12-4-2-3-5-16(12)19(13)17(14)20/h2-8,13,18H,9-10H2,1H3. The van der Waals surface area contributed by atoms with Crippen LogP contribution < -0.4 is 10.2 Å². The molecule has 20 heavy (non-hydrogen) atoms. The number of rotatable bonds is 0. The summed E-state index contributed by atoms with van der Waals surface area (Å²) in [6, 6.07) is 14.4. The summed E-state index contributed by atoms with van der Waals surface area (Å²) in [5.41, 5.74) is 5.24. The highest BCUT2D eigenvalue weighted by molar-refractivity contribution is 6.11. The van der Waals surface area contributed by atoms with Crippen LogP contribution in [0.2, 0.25) is 0 Å². The molecule has 2 aromatic carbocycles. The molecule has 2 aliphatic heterocycles. The monoisotopic (exact) mass is 264 g/mol. The maximum absolute atomic E-state index is 12.9. The number of aryl methyl sites for hydroxylation is 1. The van der Waals surface area contributed by atoms with Crippen molar-refractivity contribution in [2.45, 2.75) is 19.4 Å². The van der Waals surface area contributed by atoms with Gasteiger partial charge in [-0.2, -0.15) is 0 Å². The van der Waals surface area contributed by atoms with Crippen LogP contribution in [0, 0.1) is 6.92 Å². The summed E-state index contributed by atoms with van der Waals surface area (Å²) < 4.78 is 0. The minimum atomic E-state index is 0.111. The first-order valence-corrected chi connectivity index (χ1v) is 7.00. The van der Waals surface area contributed by atoms with Gasteiger partial charge < -0.3 is 10.2 Å². The van der Waals surface area contributed by atoms with E-state index in [0.29, 0.717) is 0 Å². The Balaban J connectivity index is 1.85. The number of nitrogens with one attached hydrogen (secondary N) is 1. The van der Waals surface area contributed by atoms with Crippen molar-refractivity contribution in [2.75, 3.05) is 16.8 Å². The zero-order valence-electron chi connectivity index (χ0n) is 11.4. The second-order valence-electron chi connectivity index (χ2n) is 5.59. The summed E-state index contributed by atoms with van der Waals surface area (Å²) in [6.07, 6.45) is 0.932. The van der Waals surface area contributed by atoms with E-state index in [1.807, 2.05) is 42.2 Å². The van der Waals surface area contributed by atoms with E-state index in [4.69, 9.17) is 0 Å². The van der Waals surface area contributed by atoms with Crippen LogP contribution >= 0.6 is 0 Å². The highest BCUT2D eigenvalue weighted by Gasteiger charge is 2.36. The average Bonchev–Trinajstić information content (AvgIpc) is 2.76. The van der Waals surface area contributed by atoms with Crippen LogP contribution in [-0.4, -0.2) is 18.5 Å². The molecule has 2 aliphatic rings. The number of carbonyl (C=O) groups is 1. The maximum Gasteiger partial charge on any atom is 0.260 e. The lowest BCUT2D eigenvalue weighted by atomic mass is 10.1. The van der Waals surface area contributed by atoms with E-state index in [0.717, 1.165) is 29.9 Å². The average molecular weight is 264 g/mol. The van der Waals surface area contributed by atoms with Gasteiger partial charge in [0, 0.05) is 17.9 Å². The molecule has 0 aromatic heterocycles. The fourth-order valence-corrected chi connectivity index (χ4v) is 3.25. The van der Waals surface area contributed by atoms with E-state index in [-0.39, 0.29) is 11.9 Å². The number of nitrogens with zero attached hydrogens (tertiary/aromatic N) is 1. The smallest absolute Gasteiger partial charge is 0.260 e. The van der Waals surface area contributed by atoms with Gasteiger partial charge in [0.15, 0.2) is 0 Å². The zero-order valence-corrected chi connectivity index (χ0v) is 11.4. The highest BCUT2D eigenvalue weighted by Crippen LogP contribution is 2.36. The van der Waals surface area contributed by atoms with Gasteiger partial charge in [0.25, 0.3) is 5.91 Å². The Morgan fingerprint density at radius 2 is 2.05 bits per heavy atom. The van der Waals surface area contributed by atoms with E-state index in [9.17, 15) is 4.79 Å². The van der Waals surface area contributed by atoms with Crippen LogP contribution in [0.4, 0.5) is 11.4 Å². The fourth-order valence-electron chi connectivity index (χ4n) is 3.25. The third-order valence-corrected chi connectivity index (χ3v) is 4.22. The fraction of sp³-hybridized carbons (Fsp3) is 0.235. The Hall–Kier alpha value is -2.29. The quantitative estimate of drug-likeness (QED) is 0.793. The van der Waals surface area contributed by atoms with Crippen LogP contribution in [-0.2, 0) is 6.42 Å². The molecule has 0 fully saturated rings. The van der Waals surface area contributed by atoms with Gasteiger partial charge in [-0.15, -0.1) is 0 Å². The van der Waals surface area contributed by atoms with Crippen LogP contribution in [0.25, 0.3) is 0 Å². The zero-order chi connectivity index (χ0) is 13.7. The topological polar surface area (TPSA) is 32.3 Å². The molecule has 0 aliphatic carbocycles. The van der Waals surface area contributed by atoms with Crippen molar-refractivity contribution in [1.29, 1.82) is 0 Å². The van der Waals surface area contributed by atoms with E-state index in [1.54, 1.807) is 0 Å². The molecule has 0 saturated carbocycles. The lowest BCUT2D eigenvalue weighted by Gasteiger charge is -2.22. The van der Waals surface area contributed by atoms with E-state index in [2.05, 4.69) is 17.4 Å². The van der Waals surface area contributed by atoms with Gasteiger partial charge in [0.2, 0.25) is 0 Å². The summed E-state index contributed by atoms with van der Waals surface area (Å²) >= 11 is 0. The van der Waals surface area contributed by atoms with Crippen molar-refractivity contribution in [3.05, 3.63) is 59.2 Å². The van der Waals surface area contributed by atoms with Crippen molar-refractivity contribution in [3.63, 3.8) is 0 Å². The summed E-state index contributed by atoms with van der Waals surface area (Å²) in [5, 5.41) is 3.44. The normalized spacial score (nSPS) is 19.8. The highest BCUT2D eigenvalue weighted by atomic mass is 16.2. The number of fused-ring (bicyclic) bond motifs is 4. The molecule has 0 bridgehead atoms. The van der Waals surface area contributed by atoms with Crippen LogP contribution in [0.1, 0.15) is 21.5 Å². The Bertz CT molecular complexity index is 708. The molecule has 2 aromatic rings. The van der Waals surface area contributed by atoms with Crippen molar-refractivity contribution in [3.8, 4) is 0 Å². The SMILES string of the molecule is Cc1ccc2c(c1)NCC1Cc3ccccc3N1C2=O. The Labute approximate surface area is 118 Å². The lowest BCUT2D eigenvalue weighted by Crippen LogP contribution is -2.39. The first-order valence-electron chi connectivity index (χ1n) is 7.00. The molecule has 4 rings (SSSR count). The lowest BCUT2D eigenvalue weighted by molar-refractivity contribution is 0.0983. The van der Waals surface area contributed by atoms with Gasteiger partial charge in [0.05, 0.1) is 11.6 Å². The van der Waals surface area contributed by atoms with Gasteiger partial charge in [-0.05, 0) is 42.7 Å². The molecule has 1 N–H and O–H groups in total. The first kappa shape index (κ1) is 11.5. The minimum absolute atomic E-state index is 0.111. The summed E-state index contributed by atoms with van der Waals surface area (Å²) in [7, 11) is 0. The molecule has 2 heterocycles. The van der Waals surface area contributed by atoms with Crippen LogP contribution in [0.3, 0.4) is 0 Å². The number of amides is 1. The van der Waals surface area contributed by atoms with Gasteiger partial charge in [-0.3, -0.25) is 4.79 Å². The molecule has 3 heteroatoms. The van der Waals surface area contributed by atoms with Gasteiger partial charge in [-0.25, -0.2) is 0 Å². The molecule has 100 valence electrons. The number of benzene rings is 2. The maximum atomic E-state index is 12.9. The molecule has 3 nitrogen and oxygen atoms in total. The number of anilines is 2. The molecule has 1 amide bonds. The predicted octanol–water partition coefficient (Wildman–Crippen LogP) is 2.99. The first-order chi connectivity index (χ1) is 9.74. The third kappa shape index (κ3) is 1.56. The van der Waals surface area contributed by atoms with E-state index in [1.165, 1.54) is 11.1 Å². The number of hydrogen-bond acceptors (Lipinski definition) is 2. The minimum Gasteiger partial charge on any atom is -0.382 e. The number of carbonyl (C=O) groups excluding carboxylic acids is 1. The molecular formula is C17H16N2O. The van der Waals surface area contributed by atoms with Crippen molar-refractivity contribution < 1.29 is 4.79 Å². The second-order valence-corrected chi connectivity index (χ2v) is 5.59. The third-order valence-electron chi connectivity index (χ3n) is 4.22. The summed E-state index contributed by atoms with van der Waals surface area (Å²) in [5.74, 6) is 0.111. The Kier molecular flexibility index (Phi) is 2.36. The van der Waals surface area contributed by atoms with Crippen molar-refractivity contribution in [1.82, 2.24) is 0 Å². The largest absolute Gasteiger partial charge is 0.382 e. The summed E-state index contributed by atoms with van der Waals surface area (Å²) in [6.45, 7) is 2.85. The van der Waals surface area contributed by atoms with Gasteiger partial charge in [-0.1, -0.05) is 24.3 Å². The van der Waals surface area contributed by atoms with E-state index >= 15 is 0 Å². The van der Waals surface area contributed by atoms with E-state index < -0.39 is 0 Å². The number of hydrogen-bond donors (Lipinski definition) is 1. The molecule has 0 saturated heterocycles. The molecule has 0 spiro atoms. The van der Waals surface area contributed by atoms with Crippen LogP contribution in [0.15, 0.2) is 42.5 Å². The van der Waals surface area contributed by atoms with Crippen molar-refractivity contribution in [2.24, 2.45) is 0 Å². The Morgan fingerprint density at radius 1 is 1.20 bits per heavy atom. The molecule has 1 atom stereocenters. The van der Waals surface area contributed by atoms with Crippen LogP contribution in [0.5, 0.6) is 0 Å². The van der Waals surface area contributed by atoms with Gasteiger partial charge in [0.1, 0.15) is 0 Å². The second kappa shape index (κ2) is 4.10. The predicted molar refractivity (Wildman–Crippen MR) is 80.4 cm³/mol. The molecule has 1 unspecified atom stereocenters. The molecular weight excluding hydrogens is 248 g/mol.